The summed E-state index contributed by atoms with van der Waals surface area (Å²) in [4.78, 5) is 16.2. The van der Waals surface area contributed by atoms with Crippen LogP contribution in [0.2, 0.25) is 0 Å². The number of hydrogen-bond donors (Lipinski definition) is 2. The van der Waals surface area contributed by atoms with Crippen LogP contribution in [0.5, 0.6) is 11.5 Å². The van der Waals surface area contributed by atoms with Gasteiger partial charge >= 0.3 is 0 Å². The second-order valence-electron chi connectivity index (χ2n) is 6.96. The van der Waals surface area contributed by atoms with Gasteiger partial charge in [0.25, 0.3) is 5.91 Å². The fourth-order valence-corrected chi connectivity index (χ4v) is 5.42. The zero-order chi connectivity index (χ0) is 21.9. The Morgan fingerprint density at radius 1 is 1.06 bits per heavy atom. The summed E-state index contributed by atoms with van der Waals surface area (Å²) in [7, 11) is -4.08. The average molecular weight is 481 g/mol. The molecule has 0 saturated carbocycles. The lowest BCUT2D eigenvalue weighted by Gasteiger charge is -2.34. The van der Waals surface area contributed by atoms with Gasteiger partial charge in [0.2, 0.25) is 0 Å². The van der Waals surface area contributed by atoms with E-state index in [2.05, 4.69) is 10.1 Å². The number of carbonyl (C=O) groups excluding carboxylic acids is 1. The summed E-state index contributed by atoms with van der Waals surface area (Å²) in [5, 5.41) is 13.2. The molecule has 2 N–H and O–H groups in total. The molecule has 12 heteroatoms. The number of amides is 1. The first-order valence-corrected chi connectivity index (χ1v) is 10.9. The lowest BCUT2D eigenvalue weighted by molar-refractivity contribution is -0.134. The van der Waals surface area contributed by atoms with Gasteiger partial charge in [0.05, 0.1) is 10.6 Å². The minimum atomic E-state index is -4.08. The molecule has 1 fully saturated rings. The summed E-state index contributed by atoms with van der Waals surface area (Å²) in [5.41, 5.74) is 2.32. The fourth-order valence-electron chi connectivity index (χ4n) is 3.48. The number of benzene rings is 2. The van der Waals surface area contributed by atoms with Gasteiger partial charge in [0.15, 0.2) is 14.6 Å². The maximum absolute atomic E-state index is 13.2. The number of nitrogens with one attached hydrogen (secondary N) is 1. The molecule has 0 aliphatic carbocycles. The summed E-state index contributed by atoms with van der Waals surface area (Å²) < 4.78 is 37.3. The first-order chi connectivity index (χ1) is 15.0. The SMILES string of the molecule is Cl.O=C(NO)C1(S(=O)(=O)c2ccc(Oc3ccc(-n4cncn4)cc3)cc2)CCOCC1. The highest BCUT2D eigenvalue weighted by molar-refractivity contribution is 7.93. The van der Waals surface area contributed by atoms with Crippen molar-refractivity contribution in [3.8, 4) is 17.2 Å². The lowest BCUT2D eigenvalue weighted by Crippen LogP contribution is -2.54. The van der Waals surface area contributed by atoms with Crippen LogP contribution in [0.3, 0.4) is 0 Å². The van der Waals surface area contributed by atoms with E-state index < -0.39 is 20.5 Å². The van der Waals surface area contributed by atoms with E-state index in [9.17, 15) is 13.2 Å². The molecule has 1 aliphatic rings. The van der Waals surface area contributed by atoms with Crippen LogP contribution in [0.1, 0.15) is 12.8 Å². The van der Waals surface area contributed by atoms with Crippen molar-refractivity contribution in [2.45, 2.75) is 22.5 Å². The molecule has 1 aromatic heterocycles. The highest BCUT2D eigenvalue weighted by Crippen LogP contribution is 2.36. The normalized spacial score (nSPS) is 15.4. The van der Waals surface area contributed by atoms with Crippen LogP contribution in [0, 0.1) is 0 Å². The average Bonchev–Trinajstić information content (AvgIpc) is 3.35. The summed E-state index contributed by atoms with van der Waals surface area (Å²) in [6, 6.07) is 12.9. The molecule has 2 heterocycles. The van der Waals surface area contributed by atoms with Gasteiger partial charge in [-0.1, -0.05) is 0 Å². The van der Waals surface area contributed by atoms with Gasteiger partial charge in [-0.3, -0.25) is 10.0 Å². The van der Waals surface area contributed by atoms with E-state index in [1.807, 2.05) is 12.1 Å². The van der Waals surface area contributed by atoms with Crippen molar-refractivity contribution in [3.63, 3.8) is 0 Å². The topological polar surface area (TPSA) is 133 Å². The maximum atomic E-state index is 13.2. The zero-order valence-electron chi connectivity index (χ0n) is 16.7. The van der Waals surface area contributed by atoms with E-state index in [4.69, 9.17) is 14.7 Å². The van der Waals surface area contributed by atoms with E-state index in [-0.39, 0.29) is 43.4 Å². The predicted octanol–water partition coefficient (Wildman–Crippen LogP) is 2.31. The predicted molar refractivity (Wildman–Crippen MR) is 115 cm³/mol. The summed E-state index contributed by atoms with van der Waals surface area (Å²) >= 11 is 0. The number of nitrogens with zero attached hydrogens (tertiary/aromatic N) is 3. The lowest BCUT2D eigenvalue weighted by atomic mass is 9.98. The number of ether oxygens (including phenoxy) is 2. The van der Waals surface area contributed by atoms with Crippen LogP contribution in [-0.4, -0.2) is 52.3 Å². The fraction of sp³-hybridized carbons (Fsp3) is 0.250. The molecule has 0 unspecified atom stereocenters. The highest BCUT2D eigenvalue weighted by atomic mass is 35.5. The van der Waals surface area contributed by atoms with Crippen molar-refractivity contribution >= 4 is 28.2 Å². The Labute approximate surface area is 190 Å². The van der Waals surface area contributed by atoms with Crippen molar-refractivity contribution in [2.24, 2.45) is 0 Å². The third-order valence-corrected chi connectivity index (χ3v) is 7.74. The molecule has 2 aromatic carbocycles. The van der Waals surface area contributed by atoms with Gasteiger partial charge < -0.3 is 9.47 Å². The van der Waals surface area contributed by atoms with Gasteiger partial charge in [0, 0.05) is 13.2 Å². The molecule has 0 spiro atoms. The number of sulfone groups is 1. The van der Waals surface area contributed by atoms with E-state index in [0.717, 1.165) is 5.69 Å². The molecule has 0 radical (unpaired) electrons. The van der Waals surface area contributed by atoms with Gasteiger partial charge in [-0.15, -0.1) is 12.4 Å². The standard InChI is InChI=1S/C20H20N4O6S.ClH/c25-19(23-26)20(9-11-29-12-10-20)31(27,28)18-7-5-17(6-8-18)30-16-3-1-15(2-4-16)24-14-21-13-22-24;/h1-8,13-14,26H,9-12H2,(H,23,25);1H. The molecule has 10 nitrogen and oxygen atoms in total. The first-order valence-electron chi connectivity index (χ1n) is 9.46. The van der Waals surface area contributed by atoms with E-state index in [1.54, 1.807) is 23.1 Å². The van der Waals surface area contributed by atoms with Crippen LogP contribution in [0.4, 0.5) is 0 Å². The third kappa shape index (κ3) is 4.32. The Bertz CT molecular complexity index is 1150. The molecule has 3 aromatic rings. The van der Waals surface area contributed by atoms with Crippen LogP contribution in [0.25, 0.3) is 5.69 Å². The Morgan fingerprint density at radius 2 is 1.66 bits per heavy atom. The quantitative estimate of drug-likeness (QED) is 0.405. The Morgan fingerprint density at radius 3 is 2.19 bits per heavy atom. The Balaban J connectivity index is 0.00000289. The molecule has 0 atom stereocenters. The zero-order valence-corrected chi connectivity index (χ0v) is 18.4. The Kier molecular flexibility index (Phi) is 7.14. The third-order valence-electron chi connectivity index (χ3n) is 5.22. The van der Waals surface area contributed by atoms with E-state index in [1.165, 1.54) is 36.1 Å². The first kappa shape index (κ1) is 23.7. The van der Waals surface area contributed by atoms with Crippen molar-refractivity contribution in [1.29, 1.82) is 0 Å². The number of aromatic nitrogens is 3. The molecule has 4 rings (SSSR count). The maximum Gasteiger partial charge on any atom is 0.265 e. The summed E-state index contributed by atoms with van der Waals surface area (Å²) in [6.45, 7) is 0.219. The molecule has 1 saturated heterocycles. The van der Waals surface area contributed by atoms with E-state index in [0.29, 0.717) is 11.5 Å². The smallest absolute Gasteiger partial charge is 0.265 e. The molecule has 0 bridgehead atoms. The van der Waals surface area contributed by atoms with Crippen molar-refractivity contribution in [3.05, 3.63) is 61.2 Å². The minimum absolute atomic E-state index is 0. The van der Waals surface area contributed by atoms with Crippen molar-refractivity contribution < 1.29 is 27.9 Å². The highest BCUT2D eigenvalue weighted by Gasteiger charge is 2.52. The van der Waals surface area contributed by atoms with Crippen molar-refractivity contribution in [2.75, 3.05) is 13.2 Å². The number of carbonyl (C=O) groups is 1. The second-order valence-corrected chi connectivity index (χ2v) is 9.22. The molecule has 32 heavy (non-hydrogen) atoms. The molecule has 170 valence electrons. The Hall–Kier alpha value is -2.99. The largest absolute Gasteiger partial charge is 0.457 e. The summed E-state index contributed by atoms with van der Waals surface area (Å²) in [5.74, 6) is 0.0312. The number of hydroxylamine groups is 1. The molecular formula is C20H21ClN4O6S. The van der Waals surface area contributed by atoms with Gasteiger partial charge in [-0.05, 0) is 61.4 Å². The number of rotatable bonds is 6. The number of halogens is 1. The summed E-state index contributed by atoms with van der Waals surface area (Å²) in [6.07, 6.45) is 2.93. The monoisotopic (exact) mass is 480 g/mol. The van der Waals surface area contributed by atoms with Gasteiger partial charge in [-0.25, -0.2) is 23.6 Å². The second kappa shape index (κ2) is 9.65. The van der Waals surface area contributed by atoms with E-state index >= 15 is 0 Å². The molecule has 1 aliphatic heterocycles. The number of hydrogen-bond acceptors (Lipinski definition) is 8. The minimum Gasteiger partial charge on any atom is -0.457 e. The molecule has 1 amide bonds. The van der Waals surface area contributed by atoms with Gasteiger partial charge in [-0.2, -0.15) is 5.10 Å². The van der Waals surface area contributed by atoms with Gasteiger partial charge in [0.1, 0.15) is 24.2 Å². The van der Waals surface area contributed by atoms with Crippen LogP contribution in [0.15, 0.2) is 66.1 Å². The molecular weight excluding hydrogens is 460 g/mol. The van der Waals surface area contributed by atoms with Crippen LogP contribution in [-0.2, 0) is 19.4 Å². The van der Waals surface area contributed by atoms with Crippen molar-refractivity contribution in [1.82, 2.24) is 20.2 Å². The van der Waals surface area contributed by atoms with Crippen LogP contribution < -0.4 is 10.2 Å². The van der Waals surface area contributed by atoms with Crippen LogP contribution >= 0.6 is 12.4 Å².